The van der Waals surface area contributed by atoms with E-state index in [0.717, 1.165) is 38.5 Å². The smallest absolute Gasteiger partial charge is 0.336 e. The summed E-state index contributed by atoms with van der Waals surface area (Å²) in [6.07, 6.45) is 6.45. The maximum atomic E-state index is 11.3. The summed E-state index contributed by atoms with van der Waals surface area (Å²) in [6, 6.07) is 1.63. The molecule has 3 nitrogen and oxygen atoms in total. The van der Waals surface area contributed by atoms with Crippen molar-refractivity contribution in [3.63, 3.8) is 0 Å². The predicted octanol–water partition coefficient (Wildman–Crippen LogP) is 3.23. The Hall–Kier alpha value is -0.870. The number of aromatic carboxylic acids is 1. The molecule has 0 bridgehead atoms. The van der Waals surface area contributed by atoms with Crippen LogP contribution in [0, 0.1) is 11.8 Å². The molecule has 0 unspecified atom stereocenters. The second-order valence-corrected chi connectivity index (χ2v) is 6.47. The second kappa shape index (κ2) is 4.35. The third kappa shape index (κ3) is 1.62. The first-order valence-electron chi connectivity index (χ1n) is 6.67. The molecule has 98 valence electrons. The SMILES string of the molecule is O=C(O)c1ccsc1C(O)(C1CCC1)C1CCC1. The first kappa shape index (κ1) is 12.2. The van der Waals surface area contributed by atoms with Crippen LogP contribution in [0.2, 0.25) is 0 Å². The zero-order valence-electron chi connectivity index (χ0n) is 10.3. The third-order valence-electron chi connectivity index (χ3n) is 4.71. The van der Waals surface area contributed by atoms with Crippen LogP contribution in [0.25, 0.3) is 0 Å². The fraction of sp³-hybridized carbons (Fsp3) is 0.643. The first-order chi connectivity index (χ1) is 8.64. The summed E-state index contributed by atoms with van der Waals surface area (Å²) < 4.78 is 0. The van der Waals surface area contributed by atoms with Crippen LogP contribution in [-0.2, 0) is 5.60 Å². The average molecular weight is 266 g/mol. The summed E-state index contributed by atoms with van der Waals surface area (Å²) in [4.78, 5) is 12.0. The molecule has 0 radical (unpaired) electrons. The minimum atomic E-state index is -0.914. The normalized spacial score (nSPS) is 21.4. The first-order valence-corrected chi connectivity index (χ1v) is 7.55. The van der Waals surface area contributed by atoms with Crippen LogP contribution in [0.1, 0.15) is 53.8 Å². The van der Waals surface area contributed by atoms with Crippen molar-refractivity contribution >= 4 is 17.3 Å². The lowest BCUT2D eigenvalue weighted by molar-refractivity contribution is -0.124. The Bertz CT molecular complexity index is 443. The number of aliphatic hydroxyl groups is 1. The lowest BCUT2D eigenvalue weighted by atomic mass is 9.60. The average Bonchev–Trinajstić information content (AvgIpc) is 2.59. The number of rotatable bonds is 4. The van der Waals surface area contributed by atoms with E-state index in [4.69, 9.17) is 0 Å². The summed E-state index contributed by atoms with van der Waals surface area (Å²) >= 11 is 1.41. The van der Waals surface area contributed by atoms with Gasteiger partial charge >= 0.3 is 5.97 Å². The van der Waals surface area contributed by atoms with Gasteiger partial charge in [-0.3, -0.25) is 0 Å². The molecule has 2 N–H and O–H groups in total. The summed E-state index contributed by atoms with van der Waals surface area (Å²) in [6.45, 7) is 0. The van der Waals surface area contributed by atoms with Gasteiger partial charge < -0.3 is 10.2 Å². The van der Waals surface area contributed by atoms with Crippen molar-refractivity contribution in [3.05, 3.63) is 21.9 Å². The molecule has 3 rings (SSSR count). The van der Waals surface area contributed by atoms with Crippen molar-refractivity contribution in [2.45, 2.75) is 44.1 Å². The van der Waals surface area contributed by atoms with Crippen LogP contribution in [0.4, 0.5) is 0 Å². The molecule has 0 aromatic carbocycles. The van der Waals surface area contributed by atoms with E-state index in [2.05, 4.69) is 0 Å². The van der Waals surface area contributed by atoms with Crippen molar-refractivity contribution < 1.29 is 15.0 Å². The lowest BCUT2D eigenvalue weighted by Crippen LogP contribution is -2.48. The molecule has 2 aliphatic carbocycles. The Morgan fingerprint density at radius 3 is 2.17 bits per heavy atom. The van der Waals surface area contributed by atoms with Crippen LogP contribution >= 0.6 is 11.3 Å². The van der Waals surface area contributed by atoms with E-state index in [1.165, 1.54) is 11.3 Å². The lowest BCUT2D eigenvalue weighted by Gasteiger charge is -2.49. The monoisotopic (exact) mass is 266 g/mol. The van der Waals surface area contributed by atoms with E-state index < -0.39 is 11.6 Å². The van der Waals surface area contributed by atoms with Gasteiger partial charge in [0.25, 0.3) is 0 Å². The molecule has 4 heteroatoms. The second-order valence-electron chi connectivity index (χ2n) is 5.55. The highest BCUT2D eigenvalue weighted by Gasteiger charge is 2.51. The van der Waals surface area contributed by atoms with Gasteiger partial charge in [0.15, 0.2) is 0 Å². The van der Waals surface area contributed by atoms with Crippen LogP contribution in [0.5, 0.6) is 0 Å². The van der Waals surface area contributed by atoms with E-state index >= 15 is 0 Å². The van der Waals surface area contributed by atoms with Gasteiger partial charge in [-0.15, -0.1) is 11.3 Å². The Morgan fingerprint density at radius 2 is 1.78 bits per heavy atom. The number of thiophene rings is 1. The van der Waals surface area contributed by atoms with Crippen molar-refractivity contribution in [1.82, 2.24) is 0 Å². The molecule has 1 aromatic heterocycles. The maximum Gasteiger partial charge on any atom is 0.336 e. The zero-order chi connectivity index (χ0) is 12.8. The molecule has 0 aliphatic heterocycles. The molecule has 0 atom stereocenters. The number of carbonyl (C=O) groups is 1. The van der Waals surface area contributed by atoms with Crippen molar-refractivity contribution in [2.75, 3.05) is 0 Å². The van der Waals surface area contributed by atoms with E-state index in [1.54, 1.807) is 11.4 Å². The number of hydrogen-bond acceptors (Lipinski definition) is 3. The standard InChI is InChI=1S/C14H18O3S/c15-13(16)11-7-8-18-12(11)14(17,9-3-1-4-9)10-5-2-6-10/h7-10,17H,1-6H2,(H,15,16). The molecule has 0 spiro atoms. The van der Waals surface area contributed by atoms with Crippen molar-refractivity contribution in [2.24, 2.45) is 11.8 Å². The van der Waals surface area contributed by atoms with E-state index in [-0.39, 0.29) is 11.8 Å². The molecular weight excluding hydrogens is 248 g/mol. The van der Waals surface area contributed by atoms with Crippen LogP contribution in [0.3, 0.4) is 0 Å². The van der Waals surface area contributed by atoms with E-state index in [1.807, 2.05) is 0 Å². The third-order valence-corrected chi connectivity index (χ3v) is 5.77. The molecule has 18 heavy (non-hydrogen) atoms. The Balaban J connectivity index is 2.01. The molecule has 0 saturated heterocycles. The van der Waals surface area contributed by atoms with Gasteiger partial charge in [0.05, 0.1) is 10.4 Å². The van der Waals surface area contributed by atoms with Crippen molar-refractivity contribution in [3.8, 4) is 0 Å². The fourth-order valence-corrected chi connectivity index (χ4v) is 4.33. The van der Waals surface area contributed by atoms with Crippen LogP contribution in [0.15, 0.2) is 11.4 Å². The van der Waals surface area contributed by atoms with Gasteiger partial charge in [0.1, 0.15) is 5.60 Å². The molecule has 2 fully saturated rings. The van der Waals surface area contributed by atoms with Gasteiger partial charge in [-0.1, -0.05) is 12.8 Å². The minimum Gasteiger partial charge on any atom is -0.478 e. The number of hydrogen-bond donors (Lipinski definition) is 2. The summed E-state index contributed by atoms with van der Waals surface area (Å²) in [5.41, 5.74) is -0.570. The predicted molar refractivity (Wildman–Crippen MR) is 69.9 cm³/mol. The van der Waals surface area contributed by atoms with Gasteiger partial charge in [0, 0.05) is 0 Å². The van der Waals surface area contributed by atoms with Gasteiger partial charge in [-0.25, -0.2) is 4.79 Å². The van der Waals surface area contributed by atoms with Gasteiger partial charge in [-0.2, -0.15) is 0 Å². The topological polar surface area (TPSA) is 57.5 Å². The molecule has 2 aliphatic rings. The quantitative estimate of drug-likeness (QED) is 0.879. The summed E-state index contributed by atoms with van der Waals surface area (Å²) in [5, 5.41) is 22.2. The summed E-state index contributed by atoms with van der Waals surface area (Å²) in [7, 11) is 0. The highest BCUT2D eigenvalue weighted by Crippen LogP contribution is 2.54. The van der Waals surface area contributed by atoms with Gasteiger partial charge in [0.2, 0.25) is 0 Å². The van der Waals surface area contributed by atoms with E-state index in [9.17, 15) is 15.0 Å². The Kier molecular flexibility index (Phi) is 2.94. The number of carboxylic acid groups (broad SMARTS) is 1. The fourth-order valence-electron chi connectivity index (χ4n) is 3.19. The summed E-state index contributed by atoms with van der Waals surface area (Å²) in [5.74, 6) is -0.387. The largest absolute Gasteiger partial charge is 0.478 e. The Labute approximate surface area is 110 Å². The molecule has 1 heterocycles. The molecular formula is C14H18O3S. The molecule has 2 saturated carbocycles. The van der Waals surface area contributed by atoms with Crippen molar-refractivity contribution in [1.29, 1.82) is 0 Å². The molecule has 0 amide bonds. The highest BCUT2D eigenvalue weighted by atomic mass is 32.1. The number of carboxylic acids is 1. The minimum absolute atomic E-state index is 0.263. The molecule has 1 aromatic rings. The van der Waals surface area contributed by atoms with Crippen LogP contribution in [-0.4, -0.2) is 16.2 Å². The van der Waals surface area contributed by atoms with E-state index in [0.29, 0.717) is 10.4 Å². The maximum absolute atomic E-state index is 11.3. The zero-order valence-corrected chi connectivity index (χ0v) is 11.1. The van der Waals surface area contributed by atoms with Gasteiger partial charge in [-0.05, 0) is 49.0 Å². The Morgan fingerprint density at radius 1 is 1.22 bits per heavy atom. The highest BCUT2D eigenvalue weighted by molar-refractivity contribution is 7.10. The van der Waals surface area contributed by atoms with Crippen LogP contribution < -0.4 is 0 Å².